The summed E-state index contributed by atoms with van der Waals surface area (Å²) in [6.07, 6.45) is 3.77. The molecule has 1 nitrogen and oxygen atoms in total. The number of hydrogen-bond acceptors (Lipinski definition) is 1. The maximum atomic E-state index is 13.8. The van der Waals surface area contributed by atoms with Gasteiger partial charge in [-0.2, -0.15) is 0 Å². The number of aromatic hydroxyl groups is 1. The molecule has 0 spiro atoms. The van der Waals surface area contributed by atoms with Crippen molar-refractivity contribution in [1.82, 2.24) is 0 Å². The Bertz CT molecular complexity index is 573. The fraction of sp³-hybridized carbons (Fsp3) is 0.250. The average Bonchev–Trinajstić information content (AvgIpc) is 2.27. The van der Waals surface area contributed by atoms with Crippen molar-refractivity contribution in [3.05, 3.63) is 53.8 Å². The standard InChI is InChI=1S/C16H15FO/c17-16-10-14(18)7-8-15(16)13-6-2-5-12(9-13)11-3-1-4-11/h2,5-11,18H,1,3-4H2. The third-order valence-electron chi connectivity index (χ3n) is 3.73. The van der Waals surface area contributed by atoms with Crippen molar-refractivity contribution < 1.29 is 9.50 Å². The van der Waals surface area contributed by atoms with Gasteiger partial charge in [0.25, 0.3) is 0 Å². The second-order valence-electron chi connectivity index (χ2n) is 4.92. The minimum absolute atomic E-state index is 0.0357. The van der Waals surface area contributed by atoms with Gasteiger partial charge in [0, 0.05) is 11.6 Å². The summed E-state index contributed by atoms with van der Waals surface area (Å²) in [5.74, 6) is 0.234. The molecule has 2 aromatic carbocycles. The van der Waals surface area contributed by atoms with Crippen LogP contribution in [-0.4, -0.2) is 5.11 Å². The topological polar surface area (TPSA) is 20.2 Å². The van der Waals surface area contributed by atoms with Crippen molar-refractivity contribution >= 4 is 0 Å². The van der Waals surface area contributed by atoms with E-state index in [1.807, 2.05) is 12.1 Å². The number of phenols is 1. The third kappa shape index (κ3) is 1.99. The van der Waals surface area contributed by atoms with Crippen molar-refractivity contribution in [2.45, 2.75) is 25.2 Å². The maximum Gasteiger partial charge on any atom is 0.134 e. The van der Waals surface area contributed by atoms with E-state index < -0.39 is 0 Å². The second kappa shape index (κ2) is 4.45. The zero-order valence-electron chi connectivity index (χ0n) is 10.1. The first-order valence-electron chi connectivity index (χ1n) is 6.33. The molecule has 2 aromatic rings. The Hall–Kier alpha value is -1.83. The summed E-state index contributed by atoms with van der Waals surface area (Å²) in [6, 6.07) is 12.4. The average molecular weight is 242 g/mol. The molecule has 0 amide bonds. The number of halogens is 1. The first kappa shape index (κ1) is 11.3. The zero-order valence-corrected chi connectivity index (χ0v) is 10.1. The largest absolute Gasteiger partial charge is 0.508 e. The van der Waals surface area contributed by atoms with Gasteiger partial charge < -0.3 is 5.11 Å². The van der Waals surface area contributed by atoms with Crippen LogP contribution in [0.15, 0.2) is 42.5 Å². The summed E-state index contributed by atoms with van der Waals surface area (Å²) >= 11 is 0. The molecule has 18 heavy (non-hydrogen) atoms. The number of benzene rings is 2. The van der Waals surface area contributed by atoms with Crippen LogP contribution in [-0.2, 0) is 0 Å². The van der Waals surface area contributed by atoms with E-state index in [-0.39, 0.29) is 11.6 Å². The molecule has 0 saturated heterocycles. The Morgan fingerprint density at radius 3 is 2.56 bits per heavy atom. The maximum absolute atomic E-state index is 13.8. The highest BCUT2D eigenvalue weighted by Crippen LogP contribution is 2.38. The van der Waals surface area contributed by atoms with Gasteiger partial charge in [0.2, 0.25) is 0 Å². The molecular formula is C16H15FO. The molecule has 0 unspecified atom stereocenters. The van der Waals surface area contributed by atoms with Gasteiger partial charge >= 0.3 is 0 Å². The predicted molar refractivity (Wildman–Crippen MR) is 70.1 cm³/mol. The van der Waals surface area contributed by atoms with E-state index in [1.165, 1.54) is 30.9 Å². The summed E-state index contributed by atoms with van der Waals surface area (Å²) < 4.78 is 13.8. The molecular weight excluding hydrogens is 227 g/mol. The van der Waals surface area contributed by atoms with E-state index in [4.69, 9.17) is 0 Å². The van der Waals surface area contributed by atoms with Crippen LogP contribution >= 0.6 is 0 Å². The number of phenolic OH excluding ortho intramolecular Hbond substituents is 1. The predicted octanol–water partition coefficient (Wildman–Crippen LogP) is 4.47. The van der Waals surface area contributed by atoms with Crippen LogP contribution in [0.2, 0.25) is 0 Å². The van der Waals surface area contributed by atoms with Crippen molar-refractivity contribution in [3.8, 4) is 16.9 Å². The summed E-state index contributed by atoms with van der Waals surface area (Å²) in [5.41, 5.74) is 2.73. The van der Waals surface area contributed by atoms with Gasteiger partial charge in [-0.3, -0.25) is 0 Å². The number of hydrogen-bond donors (Lipinski definition) is 1. The highest BCUT2D eigenvalue weighted by molar-refractivity contribution is 5.66. The Kier molecular flexibility index (Phi) is 2.78. The van der Waals surface area contributed by atoms with Crippen molar-refractivity contribution in [3.63, 3.8) is 0 Å². The molecule has 1 aliphatic rings. The van der Waals surface area contributed by atoms with Crippen LogP contribution in [0.3, 0.4) is 0 Å². The van der Waals surface area contributed by atoms with E-state index >= 15 is 0 Å². The molecule has 0 bridgehead atoms. The molecule has 2 heteroatoms. The Labute approximate surface area is 106 Å². The molecule has 1 fully saturated rings. The van der Waals surface area contributed by atoms with E-state index in [1.54, 1.807) is 6.07 Å². The lowest BCUT2D eigenvalue weighted by atomic mass is 9.79. The minimum Gasteiger partial charge on any atom is -0.508 e. The lowest BCUT2D eigenvalue weighted by Crippen LogP contribution is -2.08. The van der Waals surface area contributed by atoms with Crippen molar-refractivity contribution in [1.29, 1.82) is 0 Å². The summed E-state index contributed by atoms with van der Waals surface area (Å²) in [6.45, 7) is 0. The Morgan fingerprint density at radius 2 is 1.89 bits per heavy atom. The molecule has 92 valence electrons. The van der Waals surface area contributed by atoms with Crippen LogP contribution in [0.25, 0.3) is 11.1 Å². The van der Waals surface area contributed by atoms with Crippen LogP contribution in [0.5, 0.6) is 5.75 Å². The SMILES string of the molecule is Oc1ccc(-c2cccc(C3CCC3)c2)c(F)c1. The third-order valence-corrected chi connectivity index (χ3v) is 3.73. The molecule has 0 atom stereocenters. The van der Waals surface area contributed by atoms with Crippen molar-refractivity contribution in [2.24, 2.45) is 0 Å². The molecule has 3 rings (SSSR count). The molecule has 1 aliphatic carbocycles. The van der Waals surface area contributed by atoms with Gasteiger partial charge in [0.1, 0.15) is 11.6 Å². The van der Waals surface area contributed by atoms with E-state index in [0.717, 1.165) is 11.6 Å². The van der Waals surface area contributed by atoms with E-state index in [2.05, 4.69) is 12.1 Å². The van der Waals surface area contributed by atoms with Crippen LogP contribution < -0.4 is 0 Å². The molecule has 0 aliphatic heterocycles. The van der Waals surface area contributed by atoms with E-state index in [9.17, 15) is 9.50 Å². The zero-order chi connectivity index (χ0) is 12.5. The van der Waals surface area contributed by atoms with Gasteiger partial charge in [-0.1, -0.05) is 30.7 Å². The fourth-order valence-electron chi connectivity index (χ4n) is 2.44. The van der Waals surface area contributed by atoms with Gasteiger partial charge in [0.05, 0.1) is 0 Å². The first-order valence-corrected chi connectivity index (χ1v) is 6.33. The Balaban J connectivity index is 2.00. The molecule has 1 saturated carbocycles. The molecule has 0 radical (unpaired) electrons. The van der Waals surface area contributed by atoms with Crippen molar-refractivity contribution in [2.75, 3.05) is 0 Å². The minimum atomic E-state index is -0.374. The van der Waals surface area contributed by atoms with Gasteiger partial charge in [-0.15, -0.1) is 0 Å². The van der Waals surface area contributed by atoms with E-state index in [0.29, 0.717) is 11.5 Å². The normalized spacial score (nSPS) is 15.4. The lowest BCUT2D eigenvalue weighted by molar-refractivity contribution is 0.420. The monoisotopic (exact) mass is 242 g/mol. The van der Waals surface area contributed by atoms with Crippen LogP contribution in [0, 0.1) is 5.82 Å². The lowest BCUT2D eigenvalue weighted by Gasteiger charge is -2.26. The first-order chi connectivity index (χ1) is 8.74. The fourth-order valence-corrected chi connectivity index (χ4v) is 2.44. The summed E-state index contributed by atoms with van der Waals surface area (Å²) in [5, 5.41) is 9.23. The van der Waals surface area contributed by atoms with Crippen LogP contribution in [0.1, 0.15) is 30.7 Å². The van der Waals surface area contributed by atoms with Crippen LogP contribution in [0.4, 0.5) is 4.39 Å². The molecule has 0 aromatic heterocycles. The highest BCUT2D eigenvalue weighted by atomic mass is 19.1. The number of rotatable bonds is 2. The van der Waals surface area contributed by atoms with Gasteiger partial charge in [-0.25, -0.2) is 4.39 Å². The summed E-state index contributed by atoms with van der Waals surface area (Å²) in [4.78, 5) is 0. The highest BCUT2D eigenvalue weighted by Gasteiger charge is 2.19. The summed E-state index contributed by atoms with van der Waals surface area (Å²) in [7, 11) is 0. The second-order valence-corrected chi connectivity index (χ2v) is 4.92. The van der Waals surface area contributed by atoms with Gasteiger partial charge in [0.15, 0.2) is 0 Å². The Morgan fingerprint density at radius 1 is 1.06 bits per heavy atom. The smallest absolute Gasteiger partial charge is 0.134 e. The molecule has 1 N–H and O–H groups in total. The van der Waals surface area contributed by atoms with Gasteiger partial charge in [-0.05, 0) is 42.0 Å². The quantitative estimate of drug-likeness (QED) is 0.824. The molecule has 0 heterocycles.